The Bertz CT molecular complexity index is 341. The lowest BCUT2D eigenvalue weighted by Crippen LogP contribution is -2.08. The Hall–Kier alpha value is -0.190. The average molecular weight is 259 g/mol. The largest absolute Gasteiger partial charge is 0.382 e. The third kappa shape index (κ3) is 1.71. The van der Waals surface area contributed by atoms with Crippen molar-refractivity contribution in [3.63, 3.8) is 0 Å². The SMILES string of the molecule is CC1Cc2cc(Br)c(SN)cc2N1. The number of anilines is 1. The summed E-state index contributed by atoms with van der Waals surface area (Å²) in [5, 5.41) is 8.95. The molecule has 0 amide bonds. The van der Waals surface area contributed by atoms with Gasteiger partial charge in [0.25, 0.3) is 0 Å². The van der Waals surface area contributed by atoms with Gasteiger partial charge in [0.05, 0.1) is 0 Å². The summed E-state index contributed by atoms with van der Waals surface area (Å²) in [6, 6.07) is 4.80. The fourth-order valence-corrected chi connectivity index (χ4v) is 2.66. The van der Waals surface area contributed by atoms with Gasteiger partial charge in [-0.1, -0.05) is 0 Å². The number of halogens is 1. The number of nitrogens with two attached hydrogens (primary N) is 1. The van der Waals surface area contributed by atoms with Gasteiger partial charge in [0.2, 0.25) is 0 Å². The average Bonchev–Trinajstić information content (AvgIpc) is 2.42. The van der Waals surface area contributed by atoms with E-state index >= 15 is 0 Å². The Kier molecular flexibility index (Phi) is 2.53. The lowest BCUT2D eigenvalue weighted by atomic mass is 10.1. The van der Waals surface area contributed by atoms with Crippen molar-refractivity contribution in [1.29, 1.82) is 0 Å². The molecular formula is C9H11BrN2S. The third-order valence-corrected chi connectivity index (χ3v) is 3.72. The first-order chi connectivity index (χ1) is 6.20. The number of rotatable bonds is 1. The summed E-state index contributed by atoms with van der Waals surface area (Å²) in [5.41, 5.74) is 2.60. The van der Waals surface area contributed by atoms with Gasteiger partial charge in [-0.25, -0.2) is 0 Å². The standard InChI is InChI=1S/C9H11BrN2S/c1-5-2-6-3-7(10)9(13-11)4-8(6)12-5/h3-5,12H,2,11H2,1H3. The van der Waals surface area contributed by atoms with E-state index < -0.39 is 0 Å². The number of benzene rings is 1. The molecule has 1 aliphatic heterocycles. The molecular weight excluding hydrogens is 248 g/mol. The highest BCUT2D eigenvalue weighted by atomic mass is 79.9. The van der Waals surface area contributed by atoms with E-state index in [2.05, 4.69) is 40.3 Å². The van der Waals surface area contributed by atoms with Gasteiger partial charge in [0.15, 0.2) is 0 Å². The Morgan fingerprint density at radius 2 is 2.38 bits per heavy atom. The molecule has 1 unspecified atom stereocenters. The Morgan fingerprint density at radius 3 is 3.08 bits per heavy atom. The van der Waals surface area contributed by atoms with Crippen molar-refractivity contribution in [2.45, 2.75) is 24.3 Å². The highest BCUT2D eigenvalue weighted by Gasteiger charge is 2.18. The quantitative estimate of drug-likeness (QED) is 0.761. The molecule has 4 heteroatoms. The van der Waals surface area contributed by atoms with Crippen molar-refractivity contribution >= 4 is 33.6 Å². The fraction of sp³-hybridized carbons (Fsp3) is 0.333. The van der Waals surface area contributed by atoms with Crippen LogP contribution in [0.2, 0.25) is 0 Å². The summed E-state index contributed by atoms with van der Waals surface area (Å²) in [6.45, 7) is 2.18. The monoisotopic (exact) mass is 258 g/mol. The molecule has 0 aliphatic carbocycles. The number of nitrogens with one attached hydrogen (secondary N) is 1. The molecule has 2 nitrogen and oxygen atoms in total. The predicted octanol–water partition coefficient (Wildman–Crippen LogP) is 2.77. The van der Waals surface area contributed by atoms with E-state index in [1.165, 1.54) is 23.2 Å². The summed E-state index contributed by atoms with van der Waals surface area (Å²) in [7, 11) is 0. The molecule has 0 fully saturated rings. The summed E-state index contributed by atoms with van der Waals surface area (Å²) >= 11 is 4.78. The van der Waals surface area contributed by atoms with Crippen molar-refractivity contribution in [3.05, 3.63) is 22.2 Å². The zero-order valence-electron chi connectivity index (χ0n) is 7.30. The Morgan fingerprint density at radius 1 is 1.62 bits per heavy atom. The zero-order chi connectivity index (χ0) is 9.42. The molecule has 1 heterocycles. The first-order valence-electron chi connectivity index (χ1n) is 4.16. The van der Waals surface area contributed by atoms with Crippen molar-refractivity contribution in [1.82, 2.24) is 0 Å². The summed E-state index contributed by atoms with van der Waals surface area (Å²) in [4.78, 5) is 1.08. The van der Waals surface area contributed by atoms with E-state index in [1.807, 2.05) is 0 Å². The van der Waals surface area contributed by atoms with Crippen LogP contribution in [0.5, 0.6) is 0 Å². The maximum Gasteiger partial charge on any atom is 0.0388 e. The second-order valence-corrected chi connectivity index (χ2v) is 4.84. The van der Waals surface area contributed by atoms with Gasteiger partial charge in [0, 0.05) is 21.1 Å². The molecule has 1 aromatic rings. The van der Waals surface area contributed by atoms with Crippen LogP contribution in [0.25, 0.3) is 0 Å². The number of hydrogen-bond donors (Lipinski definition) is 2. The lowest BCUT2D eigenvalue weighted by molar-refractivity contribution is 0.839. The highest BCUT2D eigenvalue weighted by Crippen LogP contribution is 2.34. The first kappa shape index (κ1) is 9.37. The van der Waals surface area contributed by atoms with Crippen LogP contribution in [0.4, 0.5) is 5.69 Å². The molecule has 0 bridgehead atoms. The van der Waals surface area contributed by atoms with Crippen LogP contribution in [0, 0.1) is 0 Å². The second kappa shape index (κ2) is 3.52. The van der Waals surface area contributed by atoms with Crippen molar-refractivity contribution in [2.75, 3.05) is 5.32 Å². The molecule has 1 atom stereocenters. The molecule has 13 heavy (non-hydrogen) atoms. The topological polar surface area (TPSA) is 38.0 Å². The summed E-state index contributed by atoms with van der Waals surface area (Å²) < 4.78 is 1.09. The van der Waals surface area contributed by atoms with E-state index in [1.54, 1.807) is 0 Å². The molecule has 1 aromatic carbocycles. The van der Waals surface area contributed by atoms with E-state index in [0.29, 0.717) is 6.04 Å². The van der Waals surface area contributed by atoms with Crippen molar-refractivity contribution in [2.24, 2.45) is 5.14 Å². The number of fused-ring (bicyclic) bond motifs is 1. The molecule has 70 valence electrons. The maximum atomic E-state index is 5.54. The fourth-order valence-electron chi connectivity index (χ4n) is 1.63. The van der Waals surface area contributed by atoms with Crippen LogP contribution in [0.3, 0.4) is 0 Å². The molecule has 0 radical (unpaired) electrons. The molecule has 0 saturated heterocycles. The summed E-state index contributed by atoms with van der Waals surface area (Å²) in [5.74, 6) is 0. The lowest BCUT2D eigenvalue weighted by Gasteiger charge is -2.05. The van der Waals surface area contributed by atoms with Crippen LogP contribution in [-0.4, -0.2) is 6.04 Å². The van der Waals surface area contributed by atoms with Gasteiger partial charge in [-0.05, 0) is 58.9 Å². The molecule has 0 saturated carbocycles. The van der Waals surface area contributed by atoms with Crippen LogP contribution >= 0.6 is 27.9 Å². The van der Waals surface area contributed by atoms with Gasteiger partial charge in [-0.15, -0.1) is 0 Å². The van der Waals surface area contributed by atoms with Gasteiger partial charge in [0.1, 0.15) is 0 Å². The van der Waals surface area contributed by atoms with Crippen LogP contribution in [0.1, 0.15) is 12.5 Å². The molecule has 1 aliphatic rings. The maximum absolute atomic E-state index is 5.54. The minimum absolute atomic E-state index is 0.542. The smallest absolute Gasteiger partial charge is 0.0388 e. The highest BCUT2D eigenvalue weighted by molar-refractivity contribution is 9.10. The summed E-state index contributed by atoms with van der Waals surface area (Å²) in [6.07, 6.45) is 1.10. The van der Waals surface area contributed by atoms with Crippen LogP contribution in [0.15, 0.2) is 21.5 Å². The minimum atomic E-state index is 0.542. The molecule has 0 spiro atoms. The van der Waals surface area contributed by atoms with Gasteiger partial charge >= 0.3 is 0 Å². The van der Waals surface area contributed by atoms with Crippen molar-refractivity contribution in [3.8, 4) is 0 Å². The second-order valence-electron chi connectivity index (χ2n) is 3.31. The zero-order valence-corrected chi connectivity index (χ0v) is 9.71. The molecule has 2 rings (SSSR count). The third-order valence-electron chi connectivity index (χ3n) is 2.21. The van der Waals surface area contributed by atoms with Crippen LogP contribution < -0.4 is 10.5 Å². The molecule has 3 N–H and O–H groups in total. The van der Waals surface area contributed by atoms with Gasteiger partial charge in [-0.2, -0.15) is 0 Å². The van der Waals surface area contributed by atoms with E-state index in [0.717, 1.165) is 15.8 Å². The minimum Gasteiger partial charge on any atom is -0.382 e. The van der Waals surface area contributed by atoms with E-state index in [9.17, 15) is 0 Å². The van der Waals surface area contributed by atoms with Gasteiger partial charge in [-0.3, -0.25) is 5.14 Å². The Balaban J connectivity index is 2.44. The van der Waals surface area contributed by atoms with Crippen molar-refractivity contribution < 1.29 is 0 Å². The first-order valence-corrected chi connectivity index (χ1v) is 5.83. The normalized spacial score (nSPS) is 19.8. The Labute approximate surface area is 90.5 Å². The van der Waals surface area contributed by atoms with E-state index in [4.69, 9.17) is 5.14 Å². The predicted molar refractivity (Wildman–Crippen MR) is 61.0 cm³/mol. The van der Waals surface area contributed by atoms with Crippen LogP contribution in [-0.2, 0) is 6.42 Å². The van der Waals surface area contributed by atoms with Gasteiger partial charge < -0.3 is 5.32 Å². The number of hydrogen-bond acceptors (Lipinski definition) is 3. The molecule has 0 aromatic heterocycles. The van der Waals surface area contributed by atoms with E-state index in [-0.39, 0.29) is 0 Å².